The molecule has 1 aromatic carbocycles. The summed E-state index contributed by atoms with van der Waals surface area (Å²) in [5.74, 6) is -2.67. The molecule has 1 aliphatic heterocycles. The molecule has 3 aliphatic rings. The van der Waals surface area contributed by atoms with Gasteiger partial charge in [0.2, 0.25) is 5.43 Å². The van der Waals surface area contributed by atoms with Gasteiger partial charge in [-0.1, -0.05) is 25.4 Å². The summed E-state index contributed by atoms with van der Waals surface area (Å²) in [6.07, 6.45) is 3.05. The van der Waals surface area contributed by atoms with Gasteiger partial charge >= 0.3 is 12.1 Å². The number of halogens is 2. The second kappa shape index (κ2) is 9.69. The highest BCUT2D eigenvalue weighted by molar-refractivity contribution is 6.38. The highest BCUT2D eigenvalue weighted by Gasteiger charge is 2.72. The number of rotatable bonds is 7. The van der Waals surface area contributed by atoms with Crippen LogP contribution in [0.3, 0.4) is 0 Å². The van der Waals surface area contributed by atoms with Gasteiger partial charge < -0.3 is 30.4 Å². The fourth-order valence-corrected chi connectivity index (χ4v) is 6.58. The zero-order valence-corrected chi connectivity index (χ0v) is 24.6. The summed E-state index contributed by atoms with van der Waals surface area (Å²) in [5.41, 5.74) is 3.30. The Bertz CT molecular complexity index is 1530. The van der Waals surface area contributed by atoms with Gasteiger partial charge in [-0.2, -0.15) is 0 Å². The van der Waals surface area contributed by atoms with Gasteiger partial charge in [0.1, 0.15) is 17.0 Å². The minimum atomic E-state index is -1.38. The maximum absolute atomic E-state index is 15.6. The van der Waals surface area contributed by atoms with E-state index < -0.39 is 51.5 Å². The first-order chi connectivity index (χ1) is 19.0. The number of amides is 1. The first-order valence-corrected chi connectivity index (χ1v) is 14.3. The number of anilines is 1. The summed E-state index contributed by atoms with van der Waals surface area (Å²) in [5, 5.41) is 12.2. The lowest BCUT2D eigenvalue weighted by atomic mass is 9.88. The van der Waals surface area contributed by atoms with Crippen molar-refractivity contribution in [2.75, 3.05) is 18.0 Å². The molecule has 2 aliphatic carbocycles. The smallest absolute Gasteiger partial charge is 0.408 e. The van der Waals surface area contributed by atoms with Gasteiger partial charge in [-0.15, -0.1) is 0 Å². The predicted octanol–water partition coefficient (Wildman–Crippen LogP) is 4.24. The molecule has 41 heavy (non-hydrogen) atoms. The van der Waals surface area contributed by atoms with E-state index in [1.165, 1.54) is 6.20 Å². The Morgan fingerprint density at radius 1 is 1.27 bits per heavy atom. The van der Waals surface area contributed by atoms with E-state index in [2.05, 4.69) is 5.32 Å². The molecule has 12 heteroatoms. The number of nitrogens with two attached hydrogens (primary N) is 1. The molecule has 0 radical (unpaired) electrons. The Labute approximate surface area is 241 Å². The number of Topliss-reactive ketones (excluding diaryl/α,β-unsaturated/α-hetero) is 1. The highest BCUT2D eigenvalue weighted by atomic mass is 35.5. The second-order valence-electron chi connectivity index (χ2n) is 13.1. The molecule has 10 nitrogen and oxygen atoms in total. The van der Waals surface area contributed by atoms with Crippen LogP contribution in [0.4, 0.5) is 14.9 Å². The molecule has 2 aromatic rings. The Kier molecular flexibility index (Phi) is 6.93. The molecule has 2 saturated carbocycles. The molecule has 1 saturated heterocycles. The van der Waals surface area contributed by atoms with E-state index in [-0.39, 0.29) is 40.4 Å². The van der Waals surface area contributed by atoms with Crippen molar-refractivity contribution in [1.29, 1.82) is 0 Å². The number of hydrogen-bond acceptors (Lipinski definition) is 7. The summed E-state index contributed by atoms with van der Waals surface area (Å²) in [6.45, 7) is 9.48. The van der Waals surface area contributed by atoms with Crippen molar-refractivity contribution in [2.24, 2.45) is 17.1 Å². The second-order valence-corrected chi connectivity index (χ2v) is 13.4. The van der Waals surface area contributed by atoms with Crippen LogP contribution >= 0.6 is 11.6 Å². The quantitative estimate of drug-likeness (QED) is 0.434. The van der Waals surface area contributed by atoms with E-state index in [9.17, 15) is 24.3 Å². The van der Waals surface area contributed by atoms with Crippen LogP contribution in [-0.2, 0) is 9.53 Å². The number of nitrogens with one attached hydrogen (secondary N) is 1. The normalized spacial score (nSPS) is 24.7. The van der Waals surface area contributed by atoms with Crippen LogP contribution in [0.15, 0.2) is 17.1 Å². The van der Waals surface area contributed by atoms with Gasteiger partial charge in [0, 0.05) is 30.7 Å². The monoisotopic (exact) mass is 590 g/mol. The van der Waals surface area contributed by atoms with Crippen LogP contribution in [0.5, 0.6) is 0 Å². The molecule has 1 aromatic heterocycles. The molecule has 5 rings (SSSR count). The zero-order valence-electron chi connectivity index (χ0n) is 23.8. The summed E-state index contributed by atoms with van der Waals surface area (Å²) in [4.78, 5) is 52.6. The summed E-state index contributed by atoms with van der Waals surface area (Å²) >= 11 is 6.81. The Morgan fingerprint density at radius 2 is 1.93 bits per heavy atom. The van der Waals surface area contributed by atoms with Crippen molar-refractivity contribution in [1.82, 2.24) is 9.88 Å². The lowest BCUT2D eigenvalue weighted by Gasteiger charge is -2.28. The maximum Gasteiger partial charge on any atom is 0.408 e. The molecule has 2 heterocycles. The molecular formula is C29H36ClFN4O6. The van der Waals surface area contributed by atoms with Gasteiger partial charge in [-0.3, -0.25) is 9.59 Å². The molecule has 4 N–H and O–H groups in total. The summed E-state index contributed by atoms with van der Waals surface area (Å²) < 4.78 is 22.7. The first-order valence-electron chi connectivity index (χ1n) is 13.9. The van der Waals surface area contributed by atoms with Crippen LogP contribution in [0.25, 0.3) is 10.9 Å². The fourth-order valence-electron chi connectivity index (χ4n) is 6.17. The average Bonchev–Trinajstić information content (AvgIpc) is 3.74. The van der Waals surface area contributed by atoms with Crippen LogP contribution < -0.4 is 21.4 Å². The number of ether oxygens (including phenoxy) is 1. The molecular weight excluding hydrogens is 555 g/mol. The van der Waals surface area contributed by atoms with Crippen LogP contribution in [0, 0.1) is 17.2 Å². The van der Waals surface area contributed by atoms with Crippen molar-refractivity contribution < 1.29 is 28.6 Å². The number of carboxylic acid groups (broad SMARTS) is 1. The molecule has 3 unspecified atom stereocenters. The van der Waals surface area contributed by atoms with E-state index >= 15 is 4.39 Å². The van der Waals surface area contributed by atoms with E-state index in [0.29, 0.717) is 24.9 Å². The molecule has 1 amide bonds. The topological polar surface area (TPSA) is 144 Å². The first kappa shape index (κ1) is 29.3. The Balaban J connectivity index is 1.44. The minimum Gasteiger partial charge on any atom is -0.477 e. The third-order valence-corrected chi connectivity index (χ3v) is 8.88. The van der Waals surface area contributed by atoms with Gasteiger partial charge in [-0.05, 0) is 58.4 Å². The zero-order chi connectivity index (χ0) is 30.2. The number of nitrogens with zero attached hydrogens (tertiary/aromatic N) is 2. The van der Waals surface area contributed by atoms with Crippen LogP contribution in [-0.4, -0.2) is 57.8 Å². The van der Waals surface area contributed by atoms with E-state index in [4.69, 9.17) is 22.1 Å². The number of ketones is 1. The van der Waals surface area contributed by atoms with Crippen LogP contribution in [0.1, 0.15) is 76.7 Å². The number of aromatic nitrogens is 1. The molecule has 0 bridgehead atoms. The fraction of sp³-hybridized carbons (Fsp3) is 0.586. The van der Waals surface area contributed by atoms with Gasteiger partial charge in [0.15, 0.2) is 5.78 Å². The highest BCUT2D eigenvalue weighted by Crippen LogP contribution is 2.62. The van der Waals surface area contributed by atoms with Crippen molar-refractivity contribution in [3.05, 3.63) is 38.9 Å². The number of pyridine rings is 1. The van der Waals surface area contributed by atoms with Crippen molar-refractivity contribution in [3.8, 4) is 0 Å². The third kappa shape index (κ3) is 4.97. The SMILES string of the molecule is CC(C)C(NC(=O)OC(C)(C)C)C(=O)C1(N)CC12CCN(c1c(F)cc3c(=O)c(C(=O)O)cn(C4CC4)c3c1Cl)C2. The van der Waals surface area contributed by atoms with Gasteiger partial charge in [-0.25, -0.2) is 14.0 Å². The average molecular weight is 591 g/mol. The molecule has 3 fully saturated rings. The molecule has 222 valence electrons. The van der Waals surface area contributed by atoms with Gasteiger partial charge in [0.05, 0.1) is 33.2 Å². The van der Waals surface area contributed by atoms with Crippen LogP contribution in [0.2, 0.25) is 5.02 Å². The standard InChI is InChI=1S/C29H36ClFN4O6/c1-14(2)20(33-26(40)41-27(3,4)5)24(37)29(32)12-28(29)8-9-34(13-28)22-18(31)10-16-21(19(22)30)35(15-6-7-15)11-17(23(16)36)25(38)39/h10-11,14-15,20H,6-9,12-13,32H2,1-5H3,(H,33,40)(H,38,39). The van der Waals surface area contributed by atoms with Gasteiger partial charge in [0.25, 0.3) is 0 Å². The largest absolute Gasteiger partial charge is 0.477 e. The van der Waals surface area contributed by atoms with E-state index in [0.717, 1.165) is 18.9 Å². The number of hydrogen-bond donors (Lipinski definition) is 3. The molecule has 3 atom stereocenters. The lowest BCUT2D eigenvalue weighted by Crippen LogP contribution is -2.55. The van der Waals surface area contributed by atoms with E-state index in [1.807, 2.05) is 13.8 Å². The Hall–Kier alpha value is -3.18. The molecule has 1 spiro atoms. The predicted molar refractivity (Wildman–Crippen MR) is 152 cm³/mol. The number of aromatic carboxylic acids is 1. The summed E-state index contributed by atoms with van der Waals surface area (Å²) in [7, 11) is 0. The number of alkyl carbamates (subject to hydrolysis) is 1. The maximum atomic E-state index is 15.6. The lowest BCUT2D eigenvalue weighted by molar-refractivity contribution is -0.125. The minimum absolute atomic E-state index is 0.0271. The van der Waals surface area contributed by atoms with E-state index in [1.54, 1.807) is 30.2 Å². The number of carboxylic acids is 1. The number of carbonyl (C=O) groups is 3. The third-order valence-electron chi connectivity index (χ3n) is 8.52. The Morgan fingerprint density at radius 3 is 2.49 bits per heavy atom. The van der Waals surface area contributed by atoms with Crippen molar-refractivity contribution in [3.63, 3.8) is 0 Å². The van der Waals surface area contributed by atoms with Crippen molar-refractivity contribution >= 4 is 46.0 Å². The number of benzene rings is 1. The number of fused-ring (bicyclic) bond motifs is 1. The van der Waals surface area contributed by atoms with Crippen molar-refractivity contribution in [2.45, 2.75) is 83.5 Å². The number of carbonyl (C=O) groups excluding carboxylic acids is 2. The summed E-state index contributed by atoms with van der Waals surface area (Å²) in [6, 6.07) is 0.170.